The Kier molecular flexibility index (Phi) is 10.9. The number of likely N-dealkylation sites (tertiary alicyclic amines) is 2. The maximum atomic E-state index is 12.6. The fraction of sp³-hybridized carbons (Fsp3) is 0.545. The lowest BCUT2D eigenvalue weighted by Crippen LogP contribution is -2.53. The van der Waals surface area contributed by atoms with Gasteiger partial charge in [-0.3, -0.25) is 14.7 Å². The van der Waals surface area contributed by atoms with Gasteiger partial charge in [0.25, 0.3) is 5.91 Å². The lowest BCUT2D eigenvalue weighted by molar-refractivity contribution is -0.193. The fourth-order valence-corrected chi connectivity index (χ4v) is 3.90. The second kappa shape index (κ2) is 12.7. The predicted molar refractivity (Wildman–Crippen MR) is 115 cm³/mol. The minimum Gasteiger partial charge on any atom is -0.475 e. The molecule has 0 bridgehead atoms. The molecular weight excluding hydrogens is 500 g/mol. The number of aliphatic carboxylic acids is 2. The Morgan fingerprint density at radius 1 is 1.00 bits per heavy atom. The summed E-state index contributed by atoms with van der Waals surface area (Å²) in [5.74, 6) is -5.39. The molecule has 0 atom stereocenters. The third-order valence-electron chi connectivity index (χ3n) is 5.72. The number of aromatic nitrogens is 1. The molecule has 14 heteroatoms. The minimum atomic E-state index is -5.08. The van der Waals surface area contributed by atoms with E-state index in [0.717, 1.165) is 38.2 Å². The van der Waals surface area contributed by atoms with Gasteiger partial charge in [0.2, 0.25) is 0 Å². The zero-order chi connectivity index (χ0) is 27.7. The molecule has 0 unspecified atom stereocenters. The van der Waals surface area contributed by atoms with Crippen molar-refractivity contribution in [3.05, 3.63) is 42.2 Å². The number of carboxylic acid groups (broad SMARTS) is 2. The zero-order valence-corrected chi connectivity index (χ0v) is 19.4. The number of piperidine rings is 1. The number of pyridine rings is 1. The van der Waals surface area contributed by atoms with Crippen molar-refractivity contribution < 1.29 is 50.9 Å². The SMILES string of the molecule is C=CCN1CCCC12CCN(C(=O)c1ccc(C)nc1)CC2.O=C(O)C(F)(F)F.O=C(O)C(F)(F)F. The summed E-state index contributed by atoms with van der Waals surface area (Å²) >= 11 is 0. The third kappa shape index (κ3) is 9.13. The molecule has 8 nitrogen and oxygen atoms in total. The van der Waals surface area contributed by atoms with Crippen molar-refractivity contribution >= 4 is 17.8 Å². The Hall–Kier alpha value is -3.16. The number of carboxylic acids is 2. The number of carbonyl (C=O) groups excluding carboxylic acids is 1. The Labute approximate surface area is 203 Å². The van der Waals surface area contributed by atoms with E-state index >= 15 is 0 Å². The summed E-state index contributed by atoms with van der Waals surface area (Å²) in [7, 11) is 0. The molecule has 2 saturated heterocycles. The molecule has 36 heavy (non-hydrogen) atoms. The first-order valence-electron chi connectivity index (χ1n) is 10.7. The molecule has 202 valence electrons. The van der Waals surface area contributed by atoms with Crippen molar-refractivity contribution in [1.82, 2.24) is 14.8 Å². The summed E-state index contributed by atoms with van der Waals surface area (Å²) in [6, 6.07) is 3.79. The largest absolute Gasteiger partial charge is 0.490 e. The van der Waals surface area contributed by atoms with Crippen LogP contribution in [0.3, 0.4) is 0 Å². The number of hydrogen-bond acceptors (Lipinski definition) is 5. The Morgan fingerprint density at radius 2 is 1.50 bits per heavy atom. The van der Waals surface area contributed by atoms with E-state index in [1.807, 2.05) is 30.0 Å². The monoisotopic (exact) mass is 527 g/mol. The highest BCUT2D eigenvalue weighted by atomic mass is 19.4. The number of alkyl halides is 6. The first-order chi connectivity index (χ1) is 16.5. The summed E-state index contributed by atoms with van der Waals surface area (Å²) in [5, 5.41) is 14.2. The van der Waals surface area contributed by atoms with Crippen LogP contribution in [0.4, 0.5) is 26.3 Å². The molecule has 2 aliphatic heterocycles. The second-order valence-corrected chi connectivity index (χ2v) is 8.15. The van der Waals surface area contributed by atoms with Gasteiger partial charge in [0.1, 0.15) is 0 Å². The number of nitrogens with zero attached hydrogens (tertiary/aromatic N) is 3. The Balaban J connectivity index is 0.000000383. The number of amides is 1. The minimum absolute atomic E-state index is 0.121. The summed E-state index contributed by atoms with van der Waals surface area (Å²) in [6.07, 6.45) is -1.79. The van der Waals surface area contributed by atoms with Crippen LogP contribution in [0.25, 0.3) is 0 Å². The van der Waals surface area contributed by atoms with Crippen LogP contribution in [-0.4, -0.2) is 86.9 Å². The van der Waals surface area contributed by atoms with Crippen molar-refractivity contribution in [2.24, 2.45) is 0 Å². The lowest BCUT2D eigenvalue weighted by atomic mass is 9.84. The van der Waals surface area contributed by atoms with Gasteiger partial charge < -0.3 is 15.1 Å². The quantitative estimate of drug-likeness (QED) is 0.453. The van der Waals surface area contributed by atoms with E-state index in [1.54, 1.807) is 6.20 Å². The molecule has 3 rings (SSSR count). The van der Waals surface area contributed by atoms with E-state index in [9.17, 15) is 31.1 Å². The van der Waals surface area contributed by atoms with Crippen molar-refractivity contribution in [1.29, 1.82) is 0 Å². The average molecular weight is 527 g/mol. The molecule has 1 amide bonds. The van der Waals surface area contributed by atoms with Gasteiger partial charge >= 0.3 is 24.3 Å². The van der Waals surface area contributed by atoms with Crippen LogP contribution in [-0.2, 0) is 9.59 Å². The molecule has 2 aliphatic rings. The summed E-state index contributed by atoms with van der Waals surface area (Å²) in [6.45, 7) is 9.65. The summed E-state index contributed by atoms with van der Waals surface area (Å²) in [4.78, 5) is 39.2. The number of rotatable bonds is 3. The van der Waals surface area contributed by atoms with E-state index in [0.29, 0.717) is 11.1 Å². The highest BCUT2D eigenvalue weighted by Gasteiger charge is 2.43. The predicted octanol–water partition coefficient (Wildman–Crippen LogP) is 3.91. The maximum absolute atomic E-state index is 12.6. The lowest BCUT2D eigenvalue weighted by Gasteiger charge is -2.44. The van der Waals surface area contributed by atoms with Crippen LogP contribution in [0.1, 0.15) is 41.7 Å². The van der Waals surface area contributed by atoms with E-state index in [4.69, 9.17) is 19.8 Å². The van der Waals surface area contributed by atoms with Gasteiger partial charge in [-0.2, -0.15) is 26.3 Å². The fourth-order valence-electron chi connectivity index (χ4n) is 3.90. The Morgan fingerprint density at radius 3 is 1.89 bits per heavy atom. The topological polar surface area (TPSA) is 111 Å². The molecule has 1 aromatic heterocycles. The van der Waals surface area contributed by atoms with Crippen LogP contribution in [0.15, 0.2) is 31.0 Å². The van der Waals surface area contributed by atoms with Crippen molar-refractivity contribution in [3.63, 3.8) is 0 Å². The maximum Gasteiger partial charge on any atom is 0.490 e. The zero-order valence-electron chi connectivity index (χ0n) is 19.4. The number of halogens is 6. The molecule has 1 spiro atoms. The van der Waals surface area contributed by atoms with Crippen molar-refractivity contribution in [2.45, 2.75) is 50.5 Å². The van der Waals surface area contributed by atoms with Crippen LogP contribution >= 0.6 is 0 Å². The van der Waals surface area contributed by atoms with E-state index in [2.05, 4.69) is 16.5 Å². The molecule has 0 aliphatic carbocycles. The number of carbonyl (C=O) groups is 3. The van der Waals surface area contributed by atoms with Crippen molar-refractivity contribution in [2.75, 3.05) is 26.2 Å². The molecule has 2 N–H and O–H groups in total. The van der Waals surface area contributed by atoms with Gasteiger partial charge in [0.05, 0.1) is 5.56 Å². The molecule has 2 fully saturated rings. The first kappa shape index (κ1) is 30.9. The molecule has 3 heterocycles. The molecule has 0 radical (unpaired) electrons. The highest BCUT2D eigenvalue weighted by molar-refractivity contribution is 5.94. The first-order valence-corrected chi connectivity index (χ1v) is 10.7. The molecule has 0 saturated carbocycles. The van der Waals surface area contributed by atoms with Crippen LogP contribution in [0.2, 0.25) is 0 Å². The molecule has 0 aromatic carbocycles. The molecular formula is C22H27F6N3O5. The van der Waals surface area contributed by atoms with E-state index in [-0.39, 0.29) is 5.91 Å². The normalized spacial score (nSPS) is 17.4. The number of aryl methyl sites for hydroxylation is 1. The second-order valence-electron chi connectivity index (χ2n) is 8.15. The van der Waals surface area contributed by atoms with Gasteiger partial charge in [0, 0.05) is 37.1 Å². The van der Waals surface area contributed by atoms with Gasteiger partial charge in [-0.25, -0.2) is 9.59 Å². The van der Waals surface area contributed by atoms with Gasteiger partial charge in [-0.05, 0) is 51.3 Å². The standard InChI is InChI=1S/C18H25N3O.2C2HF3O2/c1-3-10-21-11-4-7-18(21)8-12-20(13-9-18)17(22)16-6-5-15(2)19-14-16;2*3-2(4,5)1(6)7/h3,5-6,14H,1,4,7-13H2,2H3;2*(H,6,7). The smallest absolute Gasteiger partial charge is 0.475 e. The van der Waals surface area contributed by atoms with Gasteiger partial charge in [0.15, 0.2) is 0 Å². The number of hydrogen-bond donors (Lipinski definition) is 2. The third-order valence-corrected chi connectivity index (χ3v) is 5.72. The summed E-state index contributed by atoms with van der Waals surface area (Å²) < 4.78 is 63.5. The van der Waals surface area contributed by atoms with Crippen LogP contribution in [0.5, 0.6) is 0 Å². The average Bonchev–Trinajstić information content (AvgIpc) is 3.16. The van der Waals surface area contributed by atoms with E-state index in [1.165, 1.54) is 19.4 Å². The van der Waals surface area contributed by atoms with Crippen LogP contribution in [0, 0.1) is 6.92 Å². The molecule has 1 aromatic rings. The van der Waals surface area contributed by atoms with Gasteiger partial charge in [-0.15, -0.1) is 6.58 Å². The van der Waals surface area contributed by atoms with E-state index < -0.39 is 24.3 Å². The Bertz CT molecular complexity index is 886. The van der Waals surface area contributed by atoms with Crippen LogP contribution < -0.4 is 0 Å². The highest BCUT2D eigenvalue weighted by Crippen LogP contribution is 2.38. The summed E-state index contributed by atoms with van der Waals surface area (Å²) in [5.41, 5.74) is 1.95. The van der Waals surface area contributed by atoms with Gasteiger partial charge in [-0.1, -0.05) is 6.08 Å². The van der Waals surface area contributed by atoms with Crippen molar-refractivity contribution in [3.8, 4) is 0 Å².